The van der Waals surface area contributed by atoms with Crippen molar-refractivity contribution in [2.75, 3.05) is 31.6 Å². The van der Waals surface area contributed by atoms with Crippen LogP contribution in [-0.4, -0.2) is 47.6 Å². The van der Waals surface area contributed by atoms with Crippen LogP contribution < -0.4 is 5.32 Å². The zero-order valence-corrected chi connectivity index (χ0v) is 17.7. The van der Waals surface area contributed by atoms with Crippen molar-refractivity contribution in [3.05, 3.63) is 42.5 Å². The van der Waals surface area contributed by atoms with E-state index >= 15 is 0 Å². The molecule has 158 valence electrons. The van der Waals surface area contributed by atoms with Gasteiger partial charge in [0.15, 0.2) is 0 Å². The molecule has 0 spiro atoms. The number of hydrogen-bond acceptors (Lipinski definition) is 4. The number of fused-ring (bicyclic) bond motifs is 3. The number of benzene rings is 2. The molecular formula is C24H29N3O3. The molecule has 3 aromatic rings. The molecule has 1 N–H and O–H groups in total. The maximum Gasteiger partial charge on any atom is 0.309 e. The standard InChI is InChI=1S/C24H29N3O3/c1-3-27-21-8-6-5-7-19(21)20-15-18(9-10-22(20)27)25-23(28)16-26-13-11-17(12-14-26)24(29)30-4-2/h5-10,15,17H,3-4,11-14,16H2,1-2H3,(H,25,28). The number of esters is 1. The van der Waals surface area contributed by atoms with Crippen molar-refractivity contribution in [2.45, 2.75) is 33.2 Å². The summed E-state index contributed by atoms with van der Waals surface area (Å²) in [6, 6.07) is 14.5. The van der Waals surface area contributed by atoms with Gasteiger partial charge < -0.3 is 14.6 Å². The van der Waals surface area contributed by atoms with Gasteiger partial charge in [0.25, 0.3) is 0 Å². The van der Waals surface area contributed by atoms with E-state index in [1.807, 2.05) is 19.1 Å². The fourth-order valence-corrected chi connectivity index (χ4v) is 4.46. The third kappa shape index (κ3) is 4.05. The summed E-state index contributed by atoms with van der Waals surface area (Å²) in [5.41, 5.74) is 3.20. The first-order valence-corrected chi connectivity index (χ1v) is 10.8. The number of para-hydroxylation sites is 1. The summed E-state index contributed by atoms with van der Waals surface area (Å²) in [4.78, 5) is 26.6. The molecule has 0 radical (unpaired) electrons. The van der Waals surface area contributed by atoms with E-state index in [4.69, 9.17) is 4.74 Å². The van der Waals surface area contributed by atoms with E-state index in [9.17, 15) is 9.59 Å². The van der Waals surface area contributed by atoms with Crippen LogP contribution in [-0.2, 0) is 20.9 Å². The molecule has 0 unspecified atom stereocenters. The Bertz CT molecular complexity index is 1060. The molecule has 0 aliphatic carbocycles. The highest BCUT2D eigenvalue weighted by Gasteiger charge is 2.26. The Hall–Kier alpha value is -2.86. The number of likely N-dealkylation sites (tertiary alicyclic amines) is 1. The Morgan fingerprint density at radius 2 is 1.77 bits per heavy atom. The monoisotopic (exact) mass is 407 g/mol. The number of anilines is 1. The van der Waals surface area contributed by atoms with Crippen molar-refractivity contribution >= 4 is 39.4 Å². The zero-order chi connectivity index (χ0) is 21.1. The van der Waals surface area contributed by atoms with Crippen LogP contribution in [0.1, 0.15) is 26.7 Å². The summed E-state index contributed by atoms with van der Waals surface area (Å²) >= 11 is 0. The lowest BCUT2D eigenvalue weighted by atomic mass is 9.97. The first kappa shape index (κ1) is 20.4. The molecule has 1 fully saturated rings. The van der Waals surface area contributed by atoms with Crippen LogP contribution in [0.2, 0.25) is 0 Å². The van der Waals surface area contributed by atoms with E-state index in [1.54, 1.807) is 0 Å². The Kier molecular flexibility index (Phi) is 6.04. The summed E-state index contributed by atoms with van der Waals surface area (Å²) in [6.45, 7) is 7.10. The summed E-state index contributed by atoms with van der Waals surface area (Å²) in [7, 11) is 0. The molecule has 1 aliphatic heterocycles. The van der Waals surface area contributed by atoms with Gasteiger partial charge in [-0.05, 0) is 64.0 Å². The van der Waals surface area contributed by atoms with Crippen LogP contribution >= 0.6 is 0 Å². The van der Waals surface area contributed by atoms with E-state index in [1.165, 1.54) is 16.4 Å². The second-order valence-corrected chi connectivity index (χ2v) is 7.84. The minimum absolute atomic E-state index is 0.0248. The van der Waals surface area contributed by atoms with Crippen molar-refractivity contribution in [3.63, 3.8) is 0 Å². The van der Waals surface area contributed by atoms with E-state index < -0.39 is 0 Å². The molecule has 4 rings (SSSR count). The van der Waals surface area contributed by atoms with Crippen molar-refractivity contribution in [2.24, 2.45) is 5.92 Å². The van der Waals surface area contributed by atoms with Crippen LogP contribution in [0.15, 0.2) is 42.5 Å². The maximum absolute atomic E-state index is 12.6. The van der Waals surface area contributed by atoms with Crippen molar-refractivity contribution in [1.82, 2.24) is 9.47 Å². The molecule has 1 amide bonds. The first-order valence-electron chi connectivity index (χ1n) is 10.8. The summed E-state index contributed by atoms with van der Waals surface area (Å²) < 4.78 is 7.41. The van der Waals surface area contributed by atoms with Gasteiger partial charge in [-0.1, -0.05) is 18.2 Å². The van der Waals surface area contributed by atoms with Gasteiger partial charge >= 0.3 is 5.97 Å². The topological polar surface area (TPSA) is 63.6 Å². The van der Waals surface area contributed by atoms with Crippen LogP contribution in [0, 0.1) is 5.92 Å². The smallest absolute Gasteiger partial charge is 0.309 e. The van der Waals surface area contributed by atoms with Gasteiger partial charge in [-0.15, -0.1) is 0 Å². The number of rotatable bonds is 6. The number of ether oxygens (including phenoxy) is 1. The molecule has 0 saturated carbocycles. The van der Waals surface area contributed by atoms with Crippen molar-refractivity contribution < 1.29 is 14.3 Å². The van der Waals surface area contributed by atoms with Gasteiger partial charge in [0.05, 0.1) is 19.1 Å². The van der Waals surface area contributed by atoms with E-state index in [0.717, 1.165) is 43.5 Å². The van der Waals surface area contributed by atoms with Gasteiger partial charge in [0, 0.05) is 34.0 Å². The number of aromatic nitrogens is 1. The molecule has 1 aromatic heterocycles. The molecule has 6 nitrogen and oxygen atoms in total. The minimum Gasteiger partial charge on any atom is -0.466 e. The largest absolute Gasteiger partial charge is 0.466 e. The normalized spacial score (nSPS) is 15.5. The quantitative estimate of drug-likeness (QED) is 0.627. The lowest BCUT2D eigenvalue weighted by Crippen LogP contribution is -2.41. The molecule has 2 aromatic carbocycles. The van der Waals surface area contributed by atoms with E-state index in [2.05, 4.69) is 52.0 Å². The maximum atomic E-state index is 12.6. The molecule has 0 bridgehead atoms. The number of carbonyl (C=O) groups excluding carboxylic acids is 2. The number of amides is 1. The Balaban J connectivity index is 1.42. The summed E-state index contributed by atoms with van der Waals surface area (Å²) in [6.07, 6.45) is 1.49. The highest BCUT2D eigenvalue weighted by atomic mass is 16.5. The van der Waals surface area contributed by atoms with Crippen LogP contribution in [0.4, 0.5) is 5.69 Å². The molecule has 1 aliphatic rings. The summed E-state index contributed by atoms with van der Waals surface area (Å²) in [5, 5.41) is 5.40. The minimum atomic E-state index is -0.110. The van der Waals surface area contributed by atoms with Crippen LogP contribution in [0.5, 0.6) is 0 Å². The van der Waals surface area contributed by atoms with E-state index in [0.29, 0.717) is 13.2 Å². The van der Waals surface area contributed by atoms with Crippen molar-refractivity contribution in [3.8, 4) is 0 Å². The number of nitrogens with zero attached hydrogens (tertiary/aromatic N) is 2. The fourth-order valence-electron chi connectivity index (χ4n) is 4.46. The average Bonchev–Trinajstić information content (AvgIpc) is 3.07. The highest BCUT2D eigenvalue weighted by molar-refractivity contribution is 6.09. The molecule has 30 heavy (non-hydrogen) atoms. The molecule has 1 saturated heterocycles. The predicted octanol–water partition coefficient (Wildman–Crippen LogP) is 4.03. The second kappa shape index (κ2) is 8.88. The number of hydrogen-bond donors (Lipinski definition) is 1. The first-order chi connectivity index (χ1) is 14.6. The Labute approximate surface area is 176 Å². The average molecular weight is 408 g/mol. The molecule has 2 heterocycles. The molecule has 6 heteroatoms. The fraction of sp³-hybridized carbons (Fsp3) is 0.417. The number of carbonyl (C=O) groups is 2. The van der Waals surface area contributed by atoms with Crippen LogP contribution in [0.3, 0.4) is 0 Å². The lowest BCUT2D eigenvalue weighted by molar-refractivity contribution is -0.149. The van der Waals surface area contributed by atoms with Gasteiger partial charge in [0.2, 0.25) is 5.91 Å². The Morgan fingerprint density at radius 3 is 2.50 bits per heavy atom. The van der Waals surface area contributed by atoms with Gasteiger partial charge in [-0.2, -0.15) is 0 Å². The van der Waals surface area contributed by atoms with Crippen LogP contribution in [0.25, 0.3) is 21.8 Å². The summed E-state index contributed by atoms with van der Waals surface area (Å²) in [5.74, 6) is -0.174. The number of nitrogens with one attached hydrogen (secondary N) is 1. The zero-order valence-electron chi connectivity index (χ0n) is 17.7. The molecular weight excluding hydrogens is 378 g/mol. The third-order valence-electron chi connectivity index (χ3n) is 5.95. The lowest BCUT2D eigenvalue weighted by Gasteiger charge is -2.30. The number of aryl methyl sites for hydroxylation is 1. The Morgan fingerprint density at radius 1 is 1.03 bits per heavy atom. The third-order valence-corrected chi connectivity index (χ3v) is 5.95. The highest BCUT2D eigenvalue weighted by Crippen LogP contribution is 2.31. The van der Waals surface area contributed by atoms with Crippen molar-refractivity contribution in [1.29, 1.82) is 0 Å². The second-order valence-electron chi connectivity index (χ2n) is 7.84. The number of piperidine rings is 1. The predicted molar refractivity (Wildman–Crippen MR) is 120 cm³/mol. The van der Waals surface area contributed by atoms with Gasteiger partial charge in [0.1, 0.15) is 0 Å². The molecule has 0 atom stereocenters. The van der Waals surface area contributed by atoms with E-state index in [-0.39, 0.29) is 17.8 Å². The SMILES string of the molecule is CCOC(=O)C1CCN(CC(=O)Nc2ccc3c(c2)c2ccccc2n3CC)CC1. The van der Waals surface area contributed by atoms with Gasteiger partial charge in [-0.25, -0.2) is 0 Å². The van der Waals surface area contributed by atoms with Gasteiger partial charge in [-0.3, -0.25) is 14.5 Å².